The summed E-state index contributed by atoms with van der Waals surface area (Å²) in [6.45, 7) is 3.17. The molecule has 0 aromatic heterocycles. The summed E-state index contributed by atoms with van der Waals surface area (Å²) < 4.78 is 60.6. The van der Waals surface area contributed by atoms with E-state index in [0.717, 1.165) is 12.1 Å². The van der Waals surface area contributed by atoms with Gasteiger partial charge in [-0.2, -0.15) is 18.4 Å². The zero-order valence-corrected chi connectivity index (χ0v) is 19.2. The average Bonchev–Trinajstić information content (AvgIpc) is 2.81. The third-order valence-corrected chi connectivity index (χ3v) is 5.29. The number of hydrogen-bond acceptors (Lipinski definition) is 7. The molecule has 0 saturated heterocycles. The van der Waals surface area contributed by atoms with Gasteiger partial charge in [-0.1, -0.05) is 12.1 Å². The van der Waals surface area contributed by atoms with Crippen molar-refractivity contribution in [2.24, 2.45) is 5.73 Å². The maximum absolute atomic E-state index is 13.0. The van der Waals surface area contributed by atoms with Crippen LogP contribution in [-0.4, -0.2) is 19.7 Å². The average molecular weight is 488 g/mol. The van der Waals surface area contributed by atoms with Crippen LogP contribution in [0.15, 0.2) is 65.3 Å². The maximum Gasteiger partial charge on any atom is 0.416 e. The molecule has 1 unspecified atom stereocenters. The Morgan fingerprint density at radius 3 is 2.60 bits per heavy atom. The fraction of sp³-hybridized carbons (Fsp3) is 0.280. The highest BCUT2D eigenvalue weighted by Gasteiger charge is 2.36. The van der Waals surface area contributed by atoms with Gasteiger partial charge in [-0.3, -0.25) is 0 Å². The summed E-state index contributed by atoms with van der Waals surface area (Å²) in [5.41, 5.74) is 6.21. The fourth-order valence-corrected chi connectivity index (χ4v) is 3.70. The SMILES string of the molecule is CCOC(=O)C1=C(C)OC(N)=C(C#N)C1c1ccc(OC)c(COc2cccc(C(F)(F)F)c2)c1. The van der Waals surface area contributed by atoms with Crippen LogP contribution in [0.4, 0.5) is 13.2 Å². The van der Waals surface area contributed by atoms with Crippen LogP contribution in [0.25, 0.3) is 0 Å². The van der Waals surface area contributed by atoms with Crippen molar-refractivity contribution in [3.05, 3.63) is 81.9 Å². The van der Waals surface area contributed by atoms with Crippen LogP contribution < -0.4 is 15.2 Å². The van der Waals surface area contributed by atoms with Gasteiger partial charge in [-0.05, 0) is 49.7 Å². The van der Waals surface area contributed by atoms with Crippen LogP contribution >= 0.6 is 0 Å². The van der Waals surface area contributed by atoms with E-state index in [2.05, 4.69) is 0 Å². The summed E-state index contributed by atoms with van der Waals surface area (Å²) in [6, 6.07) is 11.4. The van der Waals surface area contributed by atoms with Crippen LogP contribution in [-0.2, 0) is 27.1 Å². The topological polar surface area (TPSA) is 104 Å². The molecule has 10 heteroatoms. The smallest absolute Gasteiger partial charge is 0.416 e. The Hall–Kier alpha value is -4.13. The van der Waals surface area contributed by atoms with Crippen LogP contribution in [0.2, 0.25) is 0 Å². The van der Waals surface area contributed by atoms with E-state index in [0.29, 0.717) is 16.9 Å². The van der Waals surface area contributed by atoms with Crippen LogP contribution in [0.3, 0.4) is 0 Å². The minimum Gasteiger partial charge on any atom is -0.496 e. The van der Waals surface area contributed by atoms with Crippen molar-refractivity contribution in [2.45, 2.75) is 32.5 Å². The molecule has 184 valence electrons. The van der Waals surface area contributed by atoms with Gasteiger partial charge >= 0.3 is 12.1 Å². The molecule has 1 atom stereocenters. The summed E-state index contributed by atoms with van der Waals surface area (Å²) in [4.78, 5) is 12.7. The molecule has 0 bridgehead atoms. The van der Waals surface area contributed by atoms with Crippen molar-refractivity contribution in [2.75, 3.05) is 13.7 Å². The molecule has 0 aliphatic carbocycles. The van der Waals surface area contributed by atoms with Crippen molar-refractivity contribution in [3.8, 4) is 17.6 Å². The van der Waals surface area contributed by atoms with Gasteiger partial charge in [-0.15, -0.1) is 0 Å². The number of methoxy groups -OCH3 is 1. The highest BCUT2D eigenvalue weighted by molar-refractivity contribution is 5.92. The first kappa shape index (κ1) is 25.5. The number of nitrogens with two attached hydrogens (primary N) is 1. The molecule has 2 aromatic rings. The molecule has 2 aromatic carbocycles. The fourth-order valence-electron chi connectivity index (χ4n) is 3.70. The van der Waals surface area contributed by atoms with Crippen LogP contribution in [0, 0.1) is 11.3 Å². The Labute approximate surface area is 200 Å². The quantitative estimate of drug-likeness (QED) is 0.551. The van der Waals surface area contributed by atoms with E-state index in [1.165, 1.54) is 19.2 Å². The predicted octanol–water partition coefficient (Wildman–Crippen LogP) is 4.94. The second-order valence-electron chi connectivity index (χ2n) is 7.50. The molecule has 0 fully saturated rings. The Kier molecular flexibility index (Phi) is 7.59. The zero-order chi connectivity index (χ0) is 25.8. The zero-order valence-electron chi connectivity index (χ0n) is 19.2. The van der Waals surface area contributed by atoms with Gasteiger partial charge in [0, 0.05) is 5.56 Å². The Morgan fingerprint density at radius 2 is 1.97 bits per heavy atom. The van der Waals surface area contributed by atoms with Crippen molar-refractivity contribution < 1.29 is 36.9 Å². The number of ether oxygens (including phenoxy) is 4. The van der Waals surface area contributed by atoms with E-state index in [1.54, 1.807) is 32.0 Å². The van der Waals surface area contributed by atoms with Crippen LogP contribution in [0.5, 0.6) is 11.5 Å². The lowest BCUT2D eigenvalue weighted by molar-refractivity contribution is -0.139. The number of halogens is 3. The molecule has 1 aliphatic heterocycles. The number of alkyl halides is 3. The highest BCUT2D eigenvalue weighted by atomic mass is 19.4. The minimum absolute atomic E-state index is 0.0168. The van der Waals surface area contributed by atoms with Crippen LogP contribution in [0.1, 0.15) is 36.5 Å². The van der Waals surface area contributed by atoms with E-state index >= 15 is 0 Å². The van der Waals surface area contributed by atoms with Gasteiger partial charge in [0.15, 0.2) is 0 Å². The van der Waals surface area contributed by atoms with Gasteiger partial charge in [0.1, 0.15) is 35.5 Å². The predicted molar refractivity (Wildman–Crippen MR) is 119 cm³/mol. The van der Waals surface area contributed by atoms with Crippen molar-refractivity contribution in [3.63, 3.8) is 0 Å². The number of esters is 1. The Balaban J connectivity index is 2.01. The summed E-state index contributed by atoms with van der Waals surface area (Å²) in [7, 11) is 1.43. The van der Waals surface area contributed by atoms with Gasteiger partial charge in [-0.25, -0.2) is 4.79 Å². The molecule has 3 rings (SSSR count). The molecule has 1 aliphatic rings. The Bertz CT molecular complexity index is 1230. The number of rotatable bonds is 7. The first-order chi connectivity index (χ1) is 16.6. The summed E-state index contributed by atoms with van der Waals surface area (Å²) in [6.07, 6.45) is -4.51. The number of carbonyl (C=O) groups is 1. The highest BCUT2D eigenvalue weighted by Crippen LogP contribution is 2.41. The number of nitrogens with zero attached hydrogens (tertiary/aromatic N) is 1. The lowest BCUT2D eigenvalue weighted by Crippen LogP contribution is -2.25. The standard InChI is InChI=1S/C25H23F3N2O5/c1-4-33-24(31)21-14(2)35-23(30)19(12-29)22(21)15-8-9-20(32-3)16(10-15)13-34-18-7-5-6-17(11-18)25(26,27)28/h5-11,22H,4,13,30H2,1-3H3. The molecular weight excluding hydrogens is 465 g/mol. The third-order valence-electron chi connectivity index (χ3n) is 5.29. The summed E-state index contributed by atoms with van der Waals surface area (Å²) in [5, 5.41) is 9.74. The van der Waals surface area contributed by atoms with E-state index in [-0.39, 0.29) is 41.8 Å². The number of allylic oxidation sites excluding steroid dienone is 2. The molecule has 0 radical (unpaired) electrons. The molecule has 0 amide bonds. The second kappa shape index (κ2) is 10.4. The lowest BCUT2D eigenvalue weighted by atomic mass is 9.82. The van der Waals surface area contributed by atoms with E-state index < -0.39 is 23.6 Å². The number of hydrogen-bond donors (Lipinski definition) is 1. The normalized spacial score (nSPS) is 15.9. The van der Waals surface area contributed by atoms with Gasteiger partial charge < -0.3 is 24.7 Å². The van der Waals surface area contributed by atoms with Crippen molar-refractivity contribution >= 4 is 5.97 Å². The third kappa shape index (κ3) is 5.51. The minimum atomic E-state index is -4.51. The van der Waals surface area contributed by atoms with E-state index in [4.69, 9.17) is 24.7 Å². The molecule has 0 spiro atoms. The van der Waals surface area contributed by atoms with E-state index in [9.17, 15) is 23.2 Å². The van der Waals surface area contributed by atoms with Crippen molar-refractivity contribution in [1.29, 1.82) is 5.26 Å². The molecule has 2 N–H and O–H groups in total. The molecule has 7 nitrogen and oxygen atoms in total. The second-order valence-corrected chi connectivity index (χ2v) is 7.50. The van der Waals surface area contributed by atoms with Gasteiger partial charge in [0.05, 0.1) is 30.8 Å². The summed E-state index contributed by atoms with van der Waals surface area (Å²) >= 11 is 0. The largest absolute Gasteiger partial charge is 0.496 e. The van der Waals surface area contributed by atoms with Gasteiger partial charge in [0.25, 0.3) is 0 Å². The van der Waals surface area contributed by atoms with E-state index in [1.807, 2.05) is 6.07 Å². The molecular formula is C25H23F3N2O5. The van der Waals surface area contributed by atoms with Gasteiger partial charge in [0.2, 0.25) is 5.88 Å². The molecule has 0 saturated carbocycles. The summed E-state index contributed by atoms with van der Waals surface area (Å²) in [5.74, 6) is -1.06. The number of nitriles is 1. The number of carbonyl (C=O) groups excluding carboxylic acids is 1. The lowest BCUT2D eigenvalue weighted by Gasteiger charge is -2.27. The molecule has 35 heavy (non-hydrogen) atoms. The monoisotopic (exact) mass is 488 g/mol. The maximum atomic E-state index is 13.0. The first-order valence-electron chi connectivity index (χ1n) is 10.5. The molecule has 1 heterocycles. The van der Waals surface area contributed by atoms with Crippen molar-refractivity contribution in [1.82, 2.24) is 0 Å². The first-order valence-corrected chi connectivity index (χ1v) is 10.5. The Morgan fingerprint density at radius 1 is 1.23 bits per heavy atom. The number of benzene rings is 2.